The number of hydrogen-bond donors (Lipinski definition) is 1. The highest BCUT2D eigenvalue weighted by Crippen LogP contribution is 2.24. The second kappa shape index (κ2) is 6.44. The van der Waals surface area contributed by atoms with Gasteiger partial charge in [-0.25, -0.2) is 0 Å². The standard InChI is InChI=1S/C16H13N3O2S/c1-22-13-9-5-8-12(10-13)15-18-19-16(21-15)17-14(20)11-6-3-2-4-7-11/h2-10H,1H3,(H,17,19,20). The third-order valence-corrected chi connectivity index (χ3v) is 3.72. The summed E-state index contributed by atoms with van der Waals surface area (Å²) in [5.74, 6) is 0.0907. The van der Waals surface area contributed by atoms with Crippen molar-refractivity contribution in [3.05, 3.63) is 60.2 Å². The predicted octanol–water partition coefficient (Wildman–Crippen LogP) is 3.71. The third kappa shape index (κ3) is 3.17. The van der Waals surface area contributed by atoms with Gasteiger partial charge < -0.3 is 4.42 Å². The van der Waals surface area contributed by atoms with Crippen LogP contribution in [0.1, 0.15) is 10.4 Å². The van der Waals surface area contributed by atoms with Gasteiger partial charge in [-0.2, -0.15) is 0 Å². The lowest BCUT2D eigenvalue weighted by Gasteiger charge is -2.00. The first kappa shape index (κ1) is 14.3. The summed E-state index contributed by atoms with van der Waals surface area (Å²) in [6.45, 7) is 0. The predicted molar refractivity (Wildman–Crippen MR) is 85.9 cm³/mol. The van der Waals surface area contributed by atoms with Gasteiger partial charge in [0.2, 0.25) is 5.89 Å². The Morgan fingerprint density at radius 1 is 1.09 bits per heavy atom. The summed E-state index contributed by atoms with van der Waals surface area (Å²) in [7, 11) is 0. The molecule has 3 rings (SSSR count). The van der Waals surface area contributed by atoms with E-state index in [2.05, 4.69) is 15.5 Å². The quantitative estimate of drug-likeness (QED) is 0.744. The van der Waals surface area contributed by atoms with Crippen LogP contribution in [0.3, 0.4) is 0 Å². The molecule has 6 heteroatoms. The van der Waals surface area contributed by atoms with Crippen LogP contribution in [0.25, 0.3) is 11.5 Å². The van der Waals surface area contributed by atoms with Gasteiger partial charge in [-0.1, -0.05) is 29.4 Å². The number of carbonyl (C=O) groups is 1. The number of aromatic nitrogens is 2. The van der Waals surface area contributed by atoms with Gasteiger partial charge >= 0.3 is 6.01 Å². The molecule has 0 radical (unpaired) electrons. The molecule has 3 aromatic rings. The molecule has 1 aromatic heterocycles. The fourth-order valence-electron chi connectivity index (χ4n) is 1.91. The first-order valence-corrected chi connectivity index (χ1v) is 7.83. The number of anilines is 1. The van der Waals surface area contributed by atoms with Crippen LogP contribution in [-0.4, -0.2) is 22.4 Å². The van der Waals surface area contributed by atoms with Crippen LogP contribution in [0.2, 0.25) is 0 Å². The molecule has 0 atom stereocenters. The van der Waals surface area contributed by atoms with E-state index in [4.69, 9.17) is 4.42 Å². The molecule has 0 unspecified atom stereocenters. The van der Waals surface area contributed by atoms with Crippen LogP contribution in [0, 0.1) is 0 Å². The Labute approximate surface area is 131 Å². The summed E-state index contributed by atoms with van der Waals surface area (Å²) in [6.07, 6.45) is 2.00. The third-order valence-electron chi connectivity index (χ3n) is 3.00. The maximum absolute atomic E-state index is 12.0. The molecule has 0 aliphatic heterocycles. The van der Waals surface area contributed by atoms with Gasteiger partial charge in [0.15, 0.2) is 0 Å². The second-order valence-corrected chi connectivity index (χ2v) is 5.34. The molecule has 1 heterocycles. The molecule has 110 valence electrons. The Morgan fingerprint density at radius 2 is 1.91 bits per heavy atom. The average molecular weight is 311 g/mol. The summed E-state index contributed by atoms with van der Waals surface area (Å²) in [5.41, 5.74) is 1.35. The van der Waals surface area contributed by atoms with Crippen LogP contribution in [0.5, 0.6) is 0 Å². The van der Waals surface area contributed by atoms with Gasteiger partial charge in [0.25, 0.3) is 5.91 Å². The molecule has 0 saturated heterocycles. The highest BCUT2D eigenvalue weighted by molar-refractivity contribution is 7.98. The van der Waals surface area contributed by atoms with Crippen LogP contribution in [0.4, 0.5) is 6.01 Å². The van der Waals surface area contributed by atoms with Crippen molar-refractivity contribution in [2.24, 2.45) is 0 Å². The van der Waals surface area contributed by atoms with Crippen molar-refractivity contribution in [1.82, 2.24) is 10.2 Å². The molecule has 1 amide bonds. The SMILES string of the molecule is CSc1cccc(-c2nnc(NC(=O)c3ccccc3)o2)c1. The average Bonchev–Trinajstić information content (AvgIpc) is 3.04. The number of hydrogen-bond acceptors (Lipinski definition) is 5. The molecule has 0 bridgehead atoms. The minimum Gasteiger partial charge on any atom is -0.403 e. The minimum absolute atomic E-state index is 0.0819. The maximum Gasteiger partial charge on any atom is 0.322 e. The zero-order chi connectivity index (χ0) is 15.4. The van der Waals surface area contributed by atoms with E-state index in [-0.39, 0.29) is 11.9 Å². The number of amides is 1. The molecule has 1 N–H and O–H groups in total. The van der Waals surface area contributed by atoms with Crippen LogP contribution in [-0.2, 0) is 0 Å². The highest BCUT2D eigenvalue weighted by Gasteiger charge is 2.12. The lowest BCUT2D eigenvalue weighted by atomic mass is 10.2. The Balaban J connectivity index is 1.78. The number of thioether (sulfide) groups is 1. The summed E-state index contributed by atoms with van der Waals surface area (Å²) in [6, 6.07) is 16.7. The molecule has 0 fully saturated rings. The van der Waals surface area contributed by atoms with Crippen LogP contribution in [0.15, 0.2) is 63.9 Å². The smallest absolute Gasteiger partial charge is 0.322 e. The topological polar surface area (TPSA) is 68.0 Å². The van der Waals surface area contributed by atoms with E-state index in [1.54, 1.807) is 36.0 Å². The lowest BCUT2D eigenvalue weighted by Crippen LogP contribution is -2.11. The Hall–Kier alpha value is -2.60. The van der Waals surface area contributed by atoms with Crippen molar-refractivity contribution >= 4 is 23.7 Å². The maximum atomic E-state index is 12.0. The zero-order valence-corrected chi connectivity index (χ0v) is 12.6. The molecule has 0 aliphatic carbocycles. The van der Waals surface area contributed by atoms with Crippen LogP contribution >= 0.6 is 11.8 Å². The van der Waals surface area contributed by atoms with Crippen molar-refractivity contribution in [1.29, 1.82) is 0 Å². The van der Waals surface area contributed by atoms with Gasteiger partial charge in [-0.05, 0) is 36.6 Å². The van der Waals surface area contributed by atoms with Crippen molar-refractivity contribution in [3.8, 4) is 11.5 Å². The molecule has 22 heavy (non-hydrogen) atoms. The van der Waals surface area contributed by atoms with Crippen molar-refractivity contribution in [2.45, 2.75) is 4.90 Å². The van der Waals surface area contributed by atoms with E-state index in [0.29, 0.717) is 11.5 Å². The largest absolute Gasteiger partial charge is 0.403 e. The van der Waals surface area contributed by atoms with E-state index in [0.717, 1.165) is 10.5 Å². The number of benzene rings is 2. The lowest BCUT2D eigenvalue weighted by molar-refractivity contribution is 0.102. The van der Waals surface area contributed by atoms with Gasteiger partial charge in [0.1, 0.15) is 0 Å². The molecule has 0 spiro atoms. The molecule has 5 nitrogen and oxygen atoms in total. The Morgan fingerprint density at radius 3 is 2.68 bits per heavy atom. The van der Waals surface area contributed by atoms with Crippen molar-refractivity contribution < 1.29 is 9.21 Å². The van der Waals surface area contributed by atoms with Crippen LogP contribution < -0.4 is 5.32 Å². The first-order valence-electron chi connectivity index (χ1n) is 6.60. The minimum atomic E-state index is -0.284. The second-order valence-electron chi connectivity index (χ2n) is 4.46. The fraction of sp³-hybridized carbons (Fsp3) is 0.0625. The number of rotatable bonds is 4. The highest BCUT2D eigenvalue weighted by atomic mass is 32.2. The van der Waals surface area contributed by atoms with E-state index in [9.17, 15) is 4.79 Å². The summed E-state index contributed by atoms with van der Waals surface area (Å²) >= 11 is 1.63. The van der Waals surface area contributed by atoms with E-state index in [1.807, 2.05) is 36.6 Å². The van der Waals surface area contributed by atoms with Crippen molar-refractivity contribution in [3.63, 3.8) is 0 Å². The Kier molecular flexibility index (Phi) is 4.20. The molecule has 0 saturated carbocycles. The van der Waals surface area contributed by atoms with Crippen molar-refractivity contribution in [2.75, 3.05) is 11.6 Å². The first-order chi connectivity index (χ1) is 10.8. The molecular weight excluding hydrogens is 298 g/mol. The summed E-state index contributed by atoms with van der Waals surface area (Å²) in [4.78, 5) is 13.1. The Bertz CT molecular complexity index is 787. The van der Waals surface area contributed by atoms with E-state index in [1.165, 1.54) is 0 Å². The fourth-order valence-corrected chi connectivity index (χ4v) is 2.36. The zero-order valence-electron chi connectivity index (χ0n) is 11.8. The van der Waals surface area contributed by atoms with Gasteiger partial charge in [0.05, 0.1) is 0 Å². The number of nitrogens with one attached hydrogen (secondary N) is 1. The summed E-state index contributed by atoms with van der Waals surface area (Å²) < 4.78 is 5.50. The number of nitrogens with zero attached hydrogens (tertiary/aromatic N) is 2. The number of carbonyl (C=O) groups excluding carboxylic acids is 1. The monoisotopic (exact) mass is 311 g/mol. The molecular formula is C16H13N3O2S. The molecule has 2 aromatic carbocycles. The van der Waals surface area contributed by atoms with E-state index < -0.39 is 0 Å². The normalized spacial score (nSPS) is 10.4. The van der Waals surface area contributed by atoms with Gasteiger partial charge in [-0.15, -0.1) is 16.9 Å². The van der Waals surface area contributed by atoms with Gasteiger partial charge in [-0.3, -0.25) is 10.1 Å². The van der Waals surface area contributed by atoms with E-state index >= 15 is 0 Å². The summed E-state index contributed by atoms with van der Waals surface area (Å²) in [5, 5.41) is 10.4. The molecule has 0 aliphatic rings. The van der Waals surface area contributed by atoms with Gasteiger partial charge in [0, 0.05) is 16.0 Å².